The number of hydrogen-bond acceptors (Lipinski definition) is 15. The van der Waals surface area contributed by atoms with E-state index in [2.05, 4.69) is 67.9 Å². The Morgan fingerprint density at radius 3 is 2.29 bits per heavy atom. The van der Waals surface area contributed by atoms with Crippen molar-refractivity contribution >= 4 is 75.2 Å². The summed E-state index contributed by atoms with van der Waals surface area (Å²) in [4.78, 5) is 135. The van der Waals surface area contributed by atoms with Gasteiger partial charge in [0.2, 0.25) is 57.9 Å². The summed E-state index contributed by atoms with van der Waals surface area (Å²) in [5, 5.41) is 50.7. The van der Waals surface area contributed by atoms with Gasteiger partial charge in [0.05, 0.1) is 43.5 Å². The summed E-state index contributed by atoms with van der Waals surface area (Å²) in [6.45, 7) is 9.37. The number of carbonyl (C=O) groups is 9. The van der Waals surface area contributed by atoms with Crippen LogP contribution in [-0.2, 0) is 60.7 Å². The molecule has 0 radical (unpaired) electrons. The van der Waals surface area contributed by atoms with Crippen LogP contribution in [0.25, 0.3) is 10.9 Å². The largest absolute Gasteiger partial charge is 0.610 e. The van der Waals surface area contributed by atoms with Gasteiger partial charge in [-0.25, -0.2) is 0 Å². The maximum Gasteiger partial charge on any atom is 0.266 e. The number of primary amides is 1. The minimum Gasteiger partial charge on any atom is -0.610 e. The van der Waals surface area contributed by atoms with Gasteiger partial charge < -0.3 is 82.3 Å². The molecule has 1 saturated heterocycles. The SMILES string of the molecule is CC[C@H](C)[C@@H]1NC(=O)CNC(=O)[C@@H]2Cc3c4[nH]c5cc(ccc35)OC1(CCCCCCN(C)C(C)(C)C)C(=O)NCC(=O)N[C@@H](C[S+]4[O-])C(=O)N[C@@H](CCC(N)=O)C(=O)N1C[C@H](O)C[C@H]1C(=O)N[C@@H]([C@@H](C)[C@@H](O)CO)C(=O)N2. The highest BCUT2D eigenvalue weighted by Gasteiger charge is 2.51. The van der Waals surface area contributed by atoms with Gasteiger partial charge in [-0.05, 0) is 78.1 Å². The second kappa shape index (κ2) is 26.3. The van der Waals surface area contributed by atoms with E-state index >= 15 is 9.35 Å². The van der Waals surface area contributed by atoms with Gasteiger partial charge in [0.25, 0.3) is 5.91 Å². The zero-order chi connectivity index (χ0) is 57.4. The second-order valence-electron chi connectivity index (χ2n) is 22.2. The standard InChI is InChI=1S/C52H79N11O14S/c1-8-27(2)43-52(17-11-9-10-12-18-62(7)51(4,5)6)50(75)55-23-40(68)56-36-26-78(76)48-32(31-14-13-30(77-52)20-34(31)59-48)21-35(44(70)54-22-41(69)60-43)58-47(73)42(28(3)38(66)25-64)61-46(72)37-19-29(65)24-63(37)49(74)33(57-45(36)71)15-16-39(53)67/h13-14,20,27-29,33,35-38,42-43,59,64-66H,8-12,15-19,21-26H2,1-7H3,(H2,53,67)(H,54,70)(H,55,75)(H,56,68)(H,57,71)(H,58,73)(H,60,69)(H,61,72)/t27-,28-,29+,33-,35-,36-,37-,38-,42-,43-,52?,78?/m0/s1. The van der Waals surface area contributed by atoms with Crippen LogP contribution in [0, 0.1) is 11.8 Å². The predicted molar refractivity (Wildman–Crippen MR) is 284 cm³/mol. The lowest BCUT2D eigenvalue weighted by Crippen LogP contribution is -2.67. The van der Waals surface area contributed by atoms with Crippen LogP contribution >= 0.6 is 0 Å². The molecule has 0 spiro atoms. The fourth-order valence-electron chi connectivity index (χ4n) is 10.4. The monoisotopic (exact) mass is 1110 g/mol. The number of amides is 9. The molecule has 1 aromatic heterocycles. The van der Waals surface area contributed by atoms with Crippen molar-refractivity contribution in [2.24, 2.45) is 17.6 Å². The van der Waals surface area contributed by atoms with Crippen LogP contribution in [0.4, 0.5) is 0 Å². The van der Waals surface area contributed by atoms with Crippen LogP contribution < -0.4 is 47.7 Å². The Morgan fingerprint density at radius 2 is 1.62 bits per heavy atom. The highest BCUT2D eigenvalue weighted by Crippen LogP contribution is 2.37. The zero-order valence-electron chi connectivity index (χ0n) is 45.5. The second-order valence-corrected chi connectivity index (χ2v) is 23.6. The Balaban J connectivity index is 1.57. The first-order chi connectivity index (χ1) is 36.8. The van der Waals surface area contributed by atoms with Crippen LogP contribution in [-0.4, -0.2) is 193 Å². The Bertz CT molecular complexity index is 2560. The number of nitrogens with two attached hydrogens (primary N) is 1. The van der Waals surface area contributed by atoms with E-state index in [0.29, 0.717) is 24.6 Å². The van der Waals surface area contributed by atoms with Gasteiger partial charge in [0.1, 0.15) is 35.7 Å². The molecule has 432 valence electrons. The molecule has 5 aliphatic heterocycles. The van der Waals surface area contributed by atoms with E-state index in [-0.39, 0.29) is 40.2 Å². The third-order valence-corrected chi connectivity index (χ3v) is 17.1. The number of fused-ring (bicyclic) bond motifs is 9. The number of aromatic nitrogens is 1. The molecule has 1 fully saturated rings. The third-order valence-electron chi connectivity index (χ3n) is 15.6. The van der Waals surface area contributed by atoms with Gasteiger partial charge in [-0.15, -0.1) is 0 Å². The van der Waals surface area contributed by atoms with E-state index in [1.165, 1.54) is 6.92 Å². The molecule has 7 rings (SSSR count). The number of carbonyl (C=O) groups excluding carboxylic acids is 9. The molecule has 26 heteroatoms. The Labute approximate surface area is 456 Å². The number of benzene rings is 1. The minimum absolute atomic E-state index is 0.0103. The molecule has 12 atom stereocenters. The lowest BCUT2D eigenvalue weighted by atomic mass is 9.79. The first-order valence-corrected chi connectivity index (χ1v) is 28.1. The molecular weight excluding hydrogens is 1030 g/mol. The normalized spacial score (nSPS) is 28.2. The lowest BCUT2D eigenvalue weighted by Gasteiger charge is -2.42. The van der Waals surface area contributed by atoms with Crippen molar-refractivity contribution in [3.05, 3.63) is 23.8 Å². The number of H-pyrrole nitrogens is 1. The number of aliphatic hydroxyl groups excluding tert-OH is 3. The van der Waals surface area contributed by atoms with E-state index in [9.17, 15) is 53.7 Å². The highest BCUT2D eigenvalue weighted by atomic mass is 32.2. The summed E-state index contributed by atoms with van der Waals surface area (Å²) in [7, 11) is 2.04. The maximum atomic E-state index is 15.3. The van der Waals surface area contributed by atoms with Crippen molar-refractivity contribution in [2.45, 2.75) is 170 Å². The molecule has 2 unspecified atom stereocenters. The van der Waals surface area contributed by atoms with Gasteiger partial charge >= 0.3 is 0 Å². The number of hydrogen-bond donors (Lipinski definition) is 12. The summed E-state index contributed by atoms with van der Waals surface area (Å²) in [6.07, 6.45) is -1.64. The average Bonchev–Trinajstić information content (AvgIpc) is 4.03. The van der Waals surface area contributed by atoms with E-state index in [1.54, 1.807) is 18.2 Å². The number of aliphatic hydroxyl groups is 3. The number of nitrogens with one attached hydrogen (secondary N) is 8. The zero-order valence-corrected chi connectivity index (χ0v) is 46.3. The molecule has 0 aliphatic carbocycles. The molecule has 5 aliphatic rings. The van der Waals surface area contributed by atoms with E-state index in [4.69, 9.17) is 10.5 Å². The lowest BCUT2D eigenvalue weighted by molar-refractivity contribution is -0.145. The molecule has 13 N–H and O–H groups in total. The highest BCUT2D eigenvalue weighted by molar-refractivity contribution is 7.91. The Morgan fingerprint density at radius 1 is 0.923 bits per heavy atom. The summed E-state index contributed by atoms with van der Waals surface area (Å²) in [6, 6.07) is -4.77. The fourth-order valence-corrected chi connectivity index (χ4v) is 11.8. The molecule has 6 heterocycles. The minimum atomic E-state index is -2.34. The molecule has 0 saturated carbocycles. The topological polar surface area (TPSA) is 379 Å². The predicted octanol–water partition coefficient (Wildman–Crippen LogP) is -2.42. The summed E-state index contributed by atoms with van der Waals surface area (Å²) >= 11 is -2.34. The van der Waals surface area contributed by atoms with E-state index < -0.39 is 181 Å². The van der Waals surface area contributed by atoms with E-state index in [0.717, 1.165) is 24.3 Å². The quantitative estimate of drug-likeness (QED) is 0.0652. The van der Waals surface area contributed by atoms with Crippen LogP contribution in [0.1, 0.15) is 105 Å². The van der Waals surface area contributed by atoms with Gasteiger partial charge in [-0.1, -0.05) is 40.0 Å². The summed E-state index contributed by atoms with van der Waals surface area (Å²) in [5.74, 6) is -10.8. The van der Waals surface area contributed by atoms with Crippen LogP contribution in [0.5, 0.6) is 5.75 Å². The number of rotatable bonds is 15. The molecule has 2 aromatic rings. The Hall–Kier alpha value is -6.06. The van der Waals surface area contributed by atoms with Crippen molar-refractivity contribution < 1.29 is 67.8 Å². The average molecular weight is 1110 g/mol. The summed E-state index contributed by atoms with van der Waals surface area (Å²) < 4.78 is 22.0. The first kappa shape index (κ1) is 61.2. The van der Waals surface area contributed by atoms with Crippen molar-refractivity contribution in [1.29, 1.82) is 0 Å². The van der Waals surface area contributed by atoms with Gasteiger partial charge in [0.15, 0.2) is 6.04 Å². The van der Waals surface area contributed by atoms with Crippen LogP contribution in [0.2, 0.25) is 0 Å². The number of unbranched alkanes of at least 4 members (excludes halogenated alkanes) is 3. The van der Waals surface area contributed by atoms with Crippen molar-refractivity contribution in [3.8, 4) is 5.75 Å². The maximum absolute atomic E-state index is 15.3. The van der Waals surface area contributed by atoms with Gasteiger partial charge in [-0.3, -0.25) is 43.2 Å². The third kappa shape index (κ3) is 14.6. The van der Waals surface area contributed by atoms with Crippen LogP contribution in [0.15, 0.2) is 23.2 Å². The van der Waals surface area contributed by atoms with Crippen molar-refractivity contribution in [3.63, 3.8) is 0 Å². The first-order valence-electron chi connectivity index (χ1n) is 26.8. The number of aromatic amines is 1. The van der Waals surface area contributed by atoms with Crippen molar-refractivity contribution in [2.75, 3.05) is 45.6 Å². The molecule has 8 bridgehead atoms. The molecule has 9 amide bonds. The molecular formula is C52H79N11O14S. The van der Waals surface area contributed by atoms with Crippen molar-refractivity contribution in [1.82, 2.24) is 52.0 Å². The number of ether oxygens (including phenoxy) is 1. The molecule has 25 nitrogen and oxygen atoms in total. The van der Waals surface area contributed by atoms with E-state index in [1.807, 2.05) is 20.9 Å². The summed E-state index contributed by atoms with van der Waals surface area (Å²) in [5.41, 5.74) is 3.90. The molecule has 1 aromatic carbocycles. The van der Waals surface area contributed by atoms with Gasteiger partial charge in [0, 0.05) is 65.5 Å². The molecule has 78 heavy (non-hydrogen) atoms. The number of nitrogens with zero attached hydrogens (tertiary/aromatic N) is 2. The van der Waals surface area contributed by atoms with Gasteiger partial charge in [-0.2, -0.15) is 0 Å². The smallest absolute Gasteiger partial charge is 0.266 e. The van der Waals surface area contributed by atoms with Crippen LogP contribution in [0.3, 0.4) is 0 Å². The fraction of sp³-hybridized carbons (Fsp3) is 0.673. The Kier molecular flexibility index (Phi) is 20.6.